The van der Waals surface area contributed by atoms with E-state index in [4.69, 9.17) is 5.73 Å². The van der Waals surface area contributed by atoms with Gasteiger partial charge in [0.15, 0.2) is 0 Å². The van der Waals surface area contributed by atoms with Crippen LogP contribution in [0.15, 0.2) is 18.2 Å². The van der Waals surface area contributed by atoms with Crippen molar-refractivity contribution in [3.63, 3.8) is 0 Å². The molecule has 0 atom stereocenters. The van der Waals surface area contributed by atoms with Gasteiger partial charge in [0.2, 0.25) is 5.91 Å². The van der Waals surface area contributed by atoms with Crippen LogP contribution in [0.25, 0.3) is 0 Å². The molecule has 0 heterocycles. The van der Waals surface area contributed by atoms with Crippen molar-refractivity contribution in [2.75, 3.05) is 11.9 Å². The molecule has 0 aliphatic heterocycles. The Labute approximate surface area is 134 Å². The molecule has 0 unspecified atom stereocenters. The summed E-state index contributed by atoms with van der Waals surface area (Å²) in [6.07, 6.45) is 6.41. The highest BCUT2D eigenvalue weighted by Crippen LogP contribution is 2.38. The lowest BCUT2D eigenvalue weighted by atomic mass is 9.71. The number of rotatable bonds is 4. The number of para-hydroxylation sites is 1. The molecule has 1 aliphatic carbocycles. The molecule has 1 aromatic rings. The van der Waals surface area contributed by atoms with Crippen LogP contribution >= 0.6 is 12.4 Å². The fraction of sp³-hybridized carbons (Fsp3) is 0.588. The van der Waals surface area contributed by atoms with Crippen molar-refractivity contribution in [2.24, 2.45) is 11.1 Å². The van der Waals surface area contributed by atoms with Crippen LogP contribution in [0.3, 0.4) is 0 Å². The average molecular weight is 311 g/mol. The summed E-state index contributed by atoms with van der Waals surface area (Å²) in [6, 6.07) is 6.08. The molecule has 3 nitrogen and oxygen atoms in total. The molecule has 1 fully saturated rings. The Morgan fingerprint density at radius 2 is 1.76 bits per heavy atom. The van der Waals surface area contributed by atoms with Crippen LogP contribution < -0.4 is 11.1 Å². The third kappa shape index (κ3) is 4.45. The van der Waals surface area contributed by atoms with Crippen molar-refractivity contribution in [3.8, 4) is 0 Å². The van der Waals surface area contributed by atoms with E-state index in [9.17, 15) is 4.79 Å². The quantitative estimate of drug-likeness (QED) is 0.884. The van der Waals surface area contributed by atoms with Crippen molar-refractivity contribution in [1.29, 1.82) is 0 Å². The lowest BCUT2D eigenvalue weighted by Gasteiger charge is -2.35. The molecular weight excluding hydrogens is 284 g/mol. The van der Waals surface area contributed by atoms with Crippen LogP contribution in [-0.2, 0) is 4.79 Å². The number of halogens is 1. The molecule has 0 aromatic heterocycles. The van der Waals surface area contributed by atoms with Gasteiger partial charge in [0.25, 0.3) is 0 Å². The Hall–Kier alpha value is -1.06. The number of nitrogens with two attached hydrogens (primary N) is 1. The lowest BCUT2D eigenvalue weighted by molar-refractivity contribution is -0.118. The number of carbonyl (C=O) groups is 1. The lowest BCUT2D eigenvalue weighted by Crippen LogP contribution is -2.36. The number of hydrogen-bond acceptors (Lipinski definition) is 2. The Balaban J connectivity index is 0.00000220. The second kappa shape index (κ2) is 7.81. The maximum Gasteiger partial charge on any atom is 0.224 e. The molecule has 0 spiro atoms. The van der Waals surface area contributed by atoms with E-state index in [1.54, 1.807) is 0 Å². The summed E-state index contributed by atoms with van der Waals surface area (Å²) in [5, 5.41) is 3.09. The molecule has 1 amide bonds. The van der Waals surface area contributed by atoms with Gasteiger partial charge in [-0.25, -0.2) is 0 Å². The van der Waals surface area contributed by atoms with Crippen molar-refractivity contribution >= 4 is 24.0 Å². The van der Waals surface area contributed by atoms with E-state index in [0.717, 1.165) is 29.7 Å². The molecule has 0 bridgehead atoms. The van der Waals surface area contributed by atoms with Gasteiger partial charge in [0, 0.05) is 12.1 Å². The van der Waals surface area contributed by atoms with Gasteiger partial charge in [-0.2, -0.15) is 0 Å². The van der Waals surface area contributed by atoms with Crippen LogP contribution in [0.1, 0.15) is 49.7 Å². The van der Waals surface area contributed by atoms with Crippen molar-refractivity contribution in [1.82, 2.24) is 0 Å². The van der Waals surface area contributed by atoms with E-state index in [1.807, 2.05) is 32.0 Å². The van der Waals surface area contributed by atoms with Crippen molar-refractivity contribution in [3.05, 3.63) is 29.3 Å². The SMILES string of the molecule is Cc1cccc(C)c1NC(=O)CC1(CN)CCCCC1.Cl. The predicted octanol–water partition coefficient (Wildman–Crippen LogP) is 3.96. The predicted molar refractivity (Wildman–Crippen MR) is 91.0 cm³/mol. The van der Waals surface area contributed by atoms with Gasteiger partial charge in [-0.3, -0.25) is 4.79 Å². The highest BCUT2D eigenvalue weighted by molar-refractivity contribution is 5.92. The normalized spacial score (nSPS) is 16.9. The first-order chi connectivity index (χ1) is 9.56. The zero-order valence-electron chi connectivity index (χ0n) is 13.1. The van der Waals surface area contributed by atoms with Crippen molar-refractivity contribution in [2.45, 2.75) is 52.4 Å². The van der Waals surface area contributed by atoms with Gasteiger partial charge in [0.05, 0.1) is 0 Å². The molecular formula is C17H27ClN2O. The van der Waals surface area contributed by atoms with E-state index < -0.39 is 0 Å². The minimum Gasteiger partial charge on any atom is -0.330 e. The number of anilines is 1. The summed E-state index contributed by atoms with van der Waals surface area (Å²) in [5.74, 6) is 0.106. The smallest absolute Gasteiger partial charge is 0.224 e. The molecule has 21 heavy (non-hydrogen) atoms. The highest BCUT2D eigenvalue weighted by Gasteiger charge is 2.33. The largest absolute Gasteiger partial charge is 0.330 e. The first-order valence-corrected chi connectivity index (χ1v) is 7.62. The standard InChI is InChI=1S/C17H26N2O.ClH/c1-13-7-6-8-14(2)16(13)19-15(20)11-17(12-18)9-4-3-5-10-17;/h6-8H,3-5,9-12,18H2,1-2H3,(H,19,20);1H. The molecule has 1 aromatic carbocycles. The second-order valence-corrected chi connectivity index (χ2v) is 6.26. The minimum atomic E-state index is 0. The summed E-state index contributed by atoms with van der Waals surface area (Å²) >= 11 is 0. The number of carbonyl (C=O) groups excluding carboxylic acids is 1. The number of aryl methyl sites for hydroxylation is 2. The van der Waals surface area contributed by atoms with Crippen molar-refractivity contribution < 1.29 is 4.79 Å². The number of hydrogen-bond donors (Lipinski definition) is 2. The van der Waals surface area contributed by atoms with Gasteiger partial charge in [-0.05, 0) is 49.8 Å². The van der Waals surface area contributed by atoms with Gasteiger partial charge in [-0.15, -0.1) is 12.4 Å². The van der Waals surface area contributed by atoms with Gasteiger partial charge in [-0.1, -0.05) is 37.5 Å². The molecule has 118 valence electrons. The Morgan fingerprint density at radius 3 is 2.29 bits per heavy atom. The van der Waals surface area contributed by atoms with E-state index in [0.29, 0.717) is 13.0 Å². The molecule has 0 saturated heterocycles. The number of amides is 1. The first kappa shape index (κ1) is 18.0. The second-order valence-electron chi connectivity index (χ2n) is 6.26. The minimum absolute atomic E-state index is 0. The third-order valence-electron chi connectivity index (χ3n) is 4.63. The number of nitrogens with one attached hydrogen (secondary N) is 1. The van der Waals surface area contributed by atoms with E-state index in [-0.39, 0.29) is 23.7 Å². The van der Waals surface area contributed by atoms with E-state index >= 15 is 0 Å². The summed E-state index contributed by atoms with van der Waals surface area (Å²) < 4.78 is 0. The average Bonchev–Trinajstić information content (AvgIpc) is 2.44. The first-order valence-electron chi connectivity index (χ1n) is 7.62. The number of benzene rings is 1. The van der Waals surface area contributed by atoms with Crippen LogP contribution in [0, 0.1) is 19.3 Å². The maximum absolute atomic E-state index is 12.4. The van der Waals surface area contributed by atoms with E-state index in [1.165, 1.54) is 19.3 Å². The molecule has 4 heteroatoms. The Kier molecular flexibility index (Phi) is 6.69. The zero-order valence-corrected chi connectivity index (χ0v) is 13.9. The molecule has 0 radical (unpaired) electrons. The topological polar surface area (TPSA) is 55.1 Å². The van der Waals surface area contributed by atoms with Gasteiger partial charge < -0.3 is 11.1 Å². The third-order valence-corrected chi connectivity index (χ3v) is 4.63. The Morgan fingerprint density at radius 1 is 1.19 bits per heavy atom. The summed E-state index contributed by atoms with van der Waals surface area (Å²) in [4.78, 5) is 12.4. The zero-order chi connectivity index (χ0) is 14.6. The van der Waals surface area contributed by atoms with Gasteiger partial charge in [0.1, 0.15) is 0 Å². The van der Waals surface area contributed by atoms with E-state index in [2.05, 4.69) is 5.32 Å². The maximum atomic E-state index is 12.4. The molecule has 3 N–H and O–H groups in total. The monoisotopic (exact) mass is 310 g/mol. The van der Waals surface area contributed by atoms with Crippen LogP contribution in [-0.4, -0.2) is 12.5 Å². The molecule has 1 aliphatic rings. The van der Waals surface area contributed by atoms with Crippen LogP contribution in [0.5, 0.6) is 0 Å². The summed E-state index contributed by atoms with van der Waals surface area (Å²) in [6.45, 7) is 4.68. The molecule has 2 rings (SSSR count). The summed E-state index contributed by atoms with van der Waals surface area (Å²) in [7, 11) is 0. The molecule has 1 saturated carbocycles. The Bertz CT molecular complexity index is 461. The van der Waals surface area contributed by atoms with Gasteiger partial charge >= 0.3 is 0 Å². The van der Waals surface area contributed by atoms with Crippen LogP contribution in [0.2, 0.25) is 0 Å². The fourth-order valence-electron chi connectivity index (χ4n) is 3.29. The summed E-state index contributed by atoms with van der Waals surface area (Å²) in [5.41, 5.74) is 9.17. The van der Waals surface area contributed by atoms with Crippen LogP contribution in [0.4, 0.5) is 5.69 Å². The fourth-order valence-corrected chi connectivity index (χ4v) is 3.29. The highest BCUT2D eigenvalue weighted by atomic mass is 35.5.